The van der Waals surface area contributed by atoms with Crippen molar-refractivity contribution in [3.63, 3.8) is 0 Å². The number of pyridine rings is 1. The van der Waals surface area contributed by atoms with Gasteiger partial charge in [-0.05, 0) is 46.9 Å². The Morgan fingerprint density at radius 2 is 1.86 bits per heavy atom. The van der Waals surface area contributed by atoms with Crippen molar-refractivity contribution in [1.29, 1.82) is 0 Å². The number of carbonyl (C=O) groups is 1. The van der Waals surface area contributed by atoms with Crippen LogP contribution in [0.5, 0.6) is 11.6 Å². The molecular formula is C16H10INO3. The van der Waals surface area contributed by atoms with E-state index in [0.717, 1.165) is 3.57 Å². The van der Waals surface area contributed by atoms with E-state index in [9.17, 15) is 9.90 Å². The molecule has 104 valence electrons. The van der Waals surface area contributed by atoms with Crippen molar-refractivity contribution in [2.45, 2.75) is 0 Å². The summed E-state index contributed by atoms with van der Waals surface area (Å²) in [7, 11) is 0. The molecular weight excluding hydrogens is 381 g/mol. The first-order chi connectivity index (χ1) is 10.1. The Bertz CT molecular complexity index is 833. The molecule has 0 aliphatic heterocycles. The van der Waals surface area contributed by atoms with Crippen molar-refractivity contribution >= 4 is 39.3 Å². The van der Waals surface area contributed by atoms with Crippen LogP contribution in [0.15, 0.2) is 54.7 Å². The molecule has 3 aromatic rings. The zero-order valence-electron chi connectivity index (χ0n) is 10.8. The fourth-order valence-electron chi connectivity index (χ4n) is 2.06. The molecule has 0 saturated heterocycles. The summed E-state index contributed by atoms with van der Waals surface area (Å²) in [4.78, 5) is 15.4. The standard InChI is InChI=1S/C16H10INO3/c17-10-4-3-5-11(8-10)21-15-13-7-2-1-6-12(13)14(9-18-15)16(19)20/h1-9H,(H,19,20). The predicted molar refractivity (Wildman–Crippen MR) is 87.9 cm³/mol. The number of carboxylic acid groups (broad SMARTS) is 1. The third-order valence-corrected chi connectivity index (χ3v) is 3.67. The highest BCUT2D eigenvalue weighted by Gasteiger charge is 2.13. The van der Waals surface area contributed by atoms with Gasteiger partial charge >= 0.3 is 5.97 Å². The van der Waals surface area contributed by atoms with Crippen LogP contribution in [0.3, 0.4) is 0 Å². The van der Waals surface area contributed by atoms with Gasteiger partial charge in [-0.15, -0.1) is 0 Å². The Balaban J connectivity index is 2.12. The van der Waals surface area contributed by atoms with E-state index in [4.69, 9.17) is 4.74 Å². The smallest absolute Gasteiger partial charge is 0.337 e. The predicted octanol–water partition coefficient (Wildman–Crippen LogP) is 4.33. The van der Waals surface area contributed by atoms with Gasteiger partial charge in [0, 0.05) is 20.5 Å². The summed E-state index contributed by atoms with van der Waals surface area (Å²) in [6, 6.07) is 14.8. The van der Waals surface area contributed by atoms with Crippen LogP contribution in [0.1, 0.15) is 10.4 Å². The maximum absolute atomic E-state index is 11.2. The minimum Gasteiger partial charge on any atom is -0.478 e. The zero-order chi connectivity index (χ0) is 14.8. The second-order valence-corrected chi connectivity index (χ2v) is 5.63. The lowest BCUT2D eigenvalue weighted by Crippen LogP contribution is -2.00. The Hall–Kier alpha value is -2.15. The number of aromatic nitrogens is 1. The third kappa shape index (κ3) is 2.82. The van der Waals surface area contributed by atoms with Gasteiger partial charge in [-0.1, -0.05) is 24.3 Å². The number of fused-ring (bicyclic) bond motifs is 1. The summed E-state index contributed by atoms with van der Waals surface area (Å²) in [6.07, 6.45) is 1.33. The summed E-state index contributed by atoms with van der Waals surface area (Å²) < 4.78 is 6.85. The molecule has 0 bridgehead atoms. The van der Waals surface area contributed by atoms with Gasteiger partial charge < -0.3 is 9.84 Å². The number of rotatable bonds is 3. The first kappa shape index (κ1) is 13.8. The second-order valence-electron chi connectivity index (χ2n) is 4.39. The van der Waals surface area contributed by atoms with Crippen molar-refractivity contribution in [3.05, 3.63) is 63.9 Å². The Morgan fingerprint density at radius 3 is 2.57 bits per heavy atom. The molecule has 5 heteroatoms. The van der Waals surface area contributed by atoms with Gasteiger partial charge in [-0.2, -0.15) is 0 Å². The minimum absolute atomic E-state index is 0.167. The molecule has 0 aliphatic carbocycles. The Morgan fingerprint density at radius 1 is 1.10 bits per heavy atom. The summed E-state index contributed by atoms with van der Waals surface area (Å²) in [6.45, 7) is 0. The topological polar surface area (TPSA) is 59.4 Å². The SMILES string of the molecule is O=C(O)c1cnc(Oc2cccc(I)c2)c2ccccc12. The molecule has 21 heavy (non-hydrogen) atoms. The largest absolute Gasteiger partial charge is 0.478 e. The average molecular weight is 391 g/mol. The third-order valence-electron chi connectivity index (χ3n) is 3.00. The Kier molecular flexibility index (Phi) is 3.74. The van der Waals surface area contributed by atoms with Crippen LogP contribution in [0.25, 0.3) is 10.8 Å². The first-order valence-corrected chi connectivity index (χ1v) is 7.27. The van der Waals surface area contributed by atoms with Gasteiger partial charge in [-0.3, -0.25) is 0 Å². The van der Waals surface area contributed by atoms with Crippen molar-refractivity contribution in [3.8, 4) is 11.6 Å². The van der Waals surface area contributed by atoms with Crippen LogP contribution in [0.4, 0.5) is 0 Å². The maximum atomic E-state index is 11.2. The van der Waals surface area contributed by atoms with Gasteiger partial charge in [-0.25, -0.2) is 9.78 Å². The molecule has 0 saturated carbocycles. The molecule has 1 aromatic heterocycles. The molecule has 3 rings (SSSR count). The number of carboxylic acids is 1. The summed E-state index contributed by atoms with van der Waals surface area (Å²) in [5, 5.41) is 10.5. The molecule has 4 nitrogen and oxygen atoms in total. The number of ether oxygens (including phenoxy) is 1. The Labute approximate surface area is 134 Å². The lowest BCUT2D eigenvalue weighted by atomic mass is 10.1. The van der Waals surface area contributed by atoms with Crippen molar-refractivity contribution in [2.75, 3.05) is 0 Å². The number of nitrogens with zero attached hydrogens (tertiary/aromatic N) is 1. The van der Waals surface area contributed by atoms with Crippen molar-refractivity contribution < 1.29 is 14.6 Å². The summed E-state index contributed by atoms with van der Waals surface area (Å²) in [5.41, 5.74) is 0.167. The van der Waals surface area contributed by atoms with Crippen LogP contribution in [0.2, 0.25) is 0 Å². The van der Waals surface area contributed by atoms with Crippen LogP contribution in [-0.4, -0.2) is 16.1 Å². The van der Waals surface area contributed by atoms with Crippen molar-refractivity contribution in [1.82, 2.24) is 4.98 Å². The van der Waals surface area contributed by atoms with E-state index >= 15 is 0 Å². The number of benzene rings is 2. The van der Waals surface area contributed by atoms with Crippen LogP contribution < -0.4 is 4.74 Å². The first-order valence-electron chi connectivity index (χ1n) is 6.19. The summed E-state index contributed by atoms with van der Waals surface area (Å²) >= 11 is 2.20. The number of halogens is 1. The van der Waals surface area contributed by atoms with E-state index in [1.807, 2.05) is 30.3 Å². The fraction of sp³-hybridized carbons (Fsp3) is 0. The maximum Gasteiger partial charge on any atom is 0.337 e. The highest BCUT2D eigenvalue weighted by Crippen LogP contribution is 2.30. The molecule has 0 atom stereocenters. The molecule has 0 unspecified atom stereocenters. The van der Waals surface area contributed by atoms with E-state index in [0.29, 0.717) is 22.4 Å². The second kappa shape index (κ2) is 5.69. The normalized spacial score (nSPS) is 10.5. The summed E-state index contributed by atoms with van der Waals surface area (Å²) in [5.74, 6) is 0.0692. The van der Waals surface area contributed by atoms with Gasteiger partial charge in [0.25, 0.3) is 0 Å². The molecule has 0 spiro atoms. The lowest BCUT2D eigenvalue weighted by Gasteiger charge is -2.09. The highest BCUT2D eigenvalue weighted by molar-refractivity contribution is 14.1. The highest BCUT2D eigenvalue weighted by atomic mass is 127. The van der Waals surface area contributed by atoms with Crippen LogP contribution in [0, 0.1) is 3.57 Å². The van der Waals surface area contributed by atoms with Gasteiger partial charge in [0.15, 0.2) is 0 Å². The lowest BCUT2D eigenvalue weighted by molar-refractivity contribution is 0.0698. The average Bonchev–Trinajstić information content (AvgIpc) is 2.47. The van der Waals surface area contributed by atoms with Gasteiger partial charge in [0.05, 0.1) is 5.56 Å². The number of hydrogen-bond donors (Lipinski definition) is 1. The van der Waals surface area contributed by atoms with E-state index in [-0.39, 0.29) is 5.56 Å². The minimum atomic E-state index is -1.00. The van der Waals surface area contributed by atoms with Gasteiger partial charge in [0.2, 0.25) is 5.88 Å². The van der Waals surface area contributed by atoms with E-state index in [2.05, 4.69) is 27.6 Å². The number of hydrogen-bond acceptors (Lipinski definition) is 3. The molecule has 0 radical (unpaired) electrons. The van der Waals surface area contributed by atoms with E-state index in [1.54, 1.807) is 18.2 Å². The van der Waals surface area contributed by atoms with Crippen LogP contribution in [-0.2, 0) is 0 Å². The van der Waals surface area contributed by atoms with Gasteiger partial charge in [0.1, 0.15) is 5.75 Å². The zero-order valence-corrected chi connectivity index (χ0v) is 12.9. The molecule has 2 aromatic carbocycles. The van der Waals surface area contributed by atoms with Crippen molar-refractivity contribution in [2.24, 2.45) is 0 Å². The van der Waals surface area contributed by atoms with E-state index < -0.39 is 5.97 Å². The van der Waals surface area contributed by atoms with Crippen LogP contribution >= 0.6 is 22.6 Å². The quantitative estimate of drug-likeness (QED) is 0.676. The fourth-order valence-corrected chi connectivity index (χ4v) is 2.58. The molecule has 0 fully saturated rings. The molecule has 1 N–H and O–H groups in total. The van der Waals surface area contributed by atoms with E-state index in [1.165, 1.54) is 6.20 Å². The molecule has 1 heterocycles. The number of aromatic carboxylic acids is 1. The monoisotopic (exact) mass is 391 g/mol. The molecule has 0 amide bonds. The molecule has 0 aliphatic rings.